The largest absolute Gasteiger partial charge is 0.352 e. The second-order valence-electron chi connectivity index (χ2n) is 9.13. The number of carbonyl (C=O) groups excluding carboxylic acids is 1. The number of aryl methyl sites for hydroxylation is 2. The summed E-state index contributed by atoms with van der Waals surface area (Å²) in [6.07, 6.45) is 2.93. The first-order chi connectivity index (χ1) is 16.5. The third-order valence-electron chi connectivity index (χ3n) is 6.33. The second kappa shape index (κ2) is 8.19. The summed E-state index contributed by atoms with van der Waals surface area (Å²) in [5, 5.41) is 10.6. The molecule has 5 rings (SSSR count). The quantitative estimate of drug-likeness (QED) is 0.372. The molecule has 11 heteroatoms. The topological polar surface area (TPSA) is 135 Å². The molecule has 182 valence electrons. The standard InChI is InChI=1S/C24H27N7O3S/c1-12-13(2)31(4)30-21(12)16-8-9-17(19(10-16)35(5,33)34)27-18-11-20(29-24(32)15-6-7-15)28-23-22(18)25-14(3)26-23/h8-11,15H,6-7H2,1-5H3,(H3,25,26,27,28,29,32). The van der Waals surface area contributed by atoms with Crippen LogP contribution in [0.15, 0.2) is 29.2 Å². The number of pyridine rings is 1. The zero-order chi connectivity index (χ0) is 25.1. The lowest BCUT2D eigenvalue weighted by Gasteiger charge is -2.14. The van der Waals surface area contributed by atoms with E-state index in [2.05, 4.69) is 30.7 Å². The summed E-state index contributed by atoms with van der Waals surface area (Å²) in [6, 6.07) is 6.88. The second-order valence-corrected chi connectivity index (χ2v) is 11.1. The van der Waals surface area contributed by atoms with E-state index >= 15 is 0 Å². The first-order valence-corrected chi connectivity index (χ1v) is 13.2. The average molecular weight is 494 g/mol. The molecule has 1 saturated carbocycles. The first-order valence-electron chi connectivity index (χ1n) is 11.3. The first kappa shape index (κ1) is 23.0. The lowest BCUT2D eigenvalue weighted by molar-refractivity contribution is -0.117. The molecule has 0 bridgehead atoms. The molecule has 35 heavy (non-hydrogen) atoms. The van der Waals surface area contributed by atoms with Gasteiger partial charge in [0.1, 0.15) is 17.2 Å². The molecule has 0 atom stereocenters. The van der Waals surface area contributed by atoms with Crippen LogP contribution in [0.3, 0.4) is 0 Å². The zero-order valence-electron chi connectivity index (χ0n) is 20.2. The molecule has 1 aromatic carbocycles. The SMILES string of the molecule is Cc1nc2c(Nc3ccc(-c4nn(C)c(C)c4C)cc3S(C)(=O)=O)cc(NC(=O)C3CC3)nc2[nH]1. The Kier molecular flexibility index (Phi) is 5.39. The number of aromatic nitrogens is 5. The van der Waals surface area contributed by atoms with Gasteiger partial charge in [-0.15, -0.1) is 0 Å². The van der Waals surface area contributed by atoms with Crippen molar-refractivity contribution in [3.05, 3.63) is 41.3 Å². The molecule has 0 unspecified atom stereocenters. The van der Waals surface area contributed by atoms with Gasteiger partial charge in [0.25, 0.3) is 0 Å². The smallest absolute Gasteiger partial charge is 0.228 e. The molecule has 1 aliphatic carbocycles. The van der Waals surface area contributed by atoms with Gasteiger partial charge >= 0.3 is 0 Å². The fraction of sp³-hybridized carbons (Fsp3) is 0.333. The third-order valence-corrected chi connectivity index (χ3v) is 7.46. The van der Waals surface area contributed by atoms with Crippen molar-refractivity contribution in [1.29, 1.82) is 0 Å². The number of hydrogen-bond donors (Lipinski definition) is 3. The summed E-state index contributed by atoms with van der Waals surface area (Å²) in [6.45, 7) is 5.75. The minimum Gasteiger partial charge on any atom is -0.352 e. The number of nitrogens with zero attached hydrogens (tertiary/aromatic N) is 4. The van der Waals surface area contributed by atoms with Crippen molar-refractivity contribution in [2.75, 3.05) is 16.9 Å². The molecule has 1 amide bonds. The van der Waals surface area contributed by atoms with Gasteiger partial charge in [-0.2, -0.15) is 5.10 Å². The number of carbonyl (C=O) groups is 1. The van der Waals surface area contributed by atoms with E-state index in [4.69, 9.17) is 0 Å². The molecule has 1 aliphatic rings. The van der Waals surface area contributed by atoms with Gasteiger partial charge in [-0.05, 0) is 51.3 Å². The maximum Gasteiger partial charge on any atom is 0.228 e. The molecule has 4 aromatic rings. The molecular weight excluding hydrogens is 466 g/mol. The number of rotatable bonds is 6. The summed E-state index contributed by atoms with van der Waals surface area (Å²) < 4.78 is 27.4. The number of sulfone groups is 1. The summed E-state index contributed by atoms with van der Waals surface area (Å²) in [7, 11) is -1.73. The Bertz CT molecular complexity index is 1600. The van der Waals surface area contributed by atoms with Crippen LogP contribution >= 0.6 is 0 Å². The number of benzene rings is 1. The highest BCUT2D eigenvalue weighted by molar-refractivity contribution is 7.90. The predicted molar refractivity (Wildman–Crippen MR) is 134 cm³/mol. The van der Waals surface area contributed by atoms with Crippen LogP contribution in [0.25, 0.3) is 22.4 Å². The Hall–Kier alpha value is -3.73. The van der Waals surface area contributed by atoms with Gasteiger partial charge in [-0.1, -0.05) is 6.07 Å². The summed E-state index contributed by atoms with van der Waals surface area (Å²) in [5.41, 5.74) is 5.43. The molecular formula is C24H27N7O3S. The molecule has 1 fully saturated rings. The van der Waals surface area contributed by atoms with Crippen molar-refractivity contribution < 1.29 is 13.2 Å². The molecule has 10 nitrogen and oxygen atoms in total. The number of fused-ring (bicyclic) bond motifs is 1. The molecule has 3 N–H and O–H groups in total. The van der Waals surface area contributed by atoms with Crippen molar-refractivity contribution in [2.24, 2.45) is 13.0 Å². The van der Waals surface area contributed by atoms with E-state index in [-0.39, 0.29) is 16.7 Å². The number of nitrogens with one attached hydrogen (secondary N) is 3. The lowest BCUT2D eigenvalue weighted by Crippen LogP contribution is -2.14. The number of H-pyrrole nitrogens is 1. The van der Waals surface area contributed by atoms with E-state index in [0.29, 0.717) is 39.7 Å². The zero-order valence-corrected chi connectivity index (χ0v) is 21.0. The fourth-order valence-electron chi connectivity index (χ4n) is 4.05. The average Bonchev–Trinajstić information content (AvgIpc) is 3.52. The van der Waals surface area contributed by atoms with Gasteiger partial charge in [0, 0.05) is 36.5 Å². The summed E-state index contributed by atoms with van der Waals surface area (Å²) >= 11 is 0. The number of imidazole rings is 1. The van der Waals surface area contributed by atoms with Crippen LogP contribution in [0.5, 0.6) is 0 Å². The van der Waals surface area contributed by atoms with Crippen LogP contribution < -0.4 is 10.6 Å². The molecule has 3 aromatic heterocycles. The van der Waals surface area contributed by atoms with Crippen LogP contribution in [-0.4, -0.2) is 45.3 Å². The van der Waals surface area contributed by atoms with Gasteiger partial charge in [0.15, 0.2) is 15.5 Å². The summed E-state index contributed by atoms with van der Waals surface area (Å²) in [4.78, 5) is 24.5. The number of hydrogen-bond acceptors (Lipinski definition) is 7. The minimum atomic E-state index is -3.59. The Morgan fingerprint density at radius 2 is 1.86 bits per heavy atom. The van der Waals surface area contributed by atoms with Gasteiger partial charge in [0.2, 0.25) is 5.91 Å². The fourth-order valence-corrected chi connectivity index (χ4v) is 4.91. The van der Waals surface area contributed by atoms with Crippen LogP contribution in [-0.2, 0) is 21.7 Å². The molecule has 0 spiro atoms. The van der Waals surface area contributed by atoms with E-state index in [1.807, 2.05) is 33.9 Å². The van der Waals surface area contributed by atoms with E-state index in [1.54, 1.807) is 22.9 Å². The molecule has 0 aliphatic heterocycles. The maximum absolute atomic E-state index is 12.8. The minimum absolute atomic E-state index is 0.0236. The van der Waals surface area contributed by atoms with Gasteiger partial charge in [0.05, 0.1) is 22.0 Å². The monoisotopic (exact) mass is 493 g/mol. The third kappa shape index (κ3) is 4.39. The highest BCUT2D eigenvalue weighted by Gasteiger charge is 2.30. The normalized spacial score (nSPS) is 13.9. The van der Waals surface area contributed by atoms with E-state index < -0.39 is 9.84 Å². The van der Waals surface area contributed by atoms with Crippen molar-refractivity contribution in [3.63, 3.8) is 0 Å². The van der Waals surface area contributed by atoms with Crippen molar-refractivity contribution in [3.8, 4) is 11.3 Å². The number of anilines is 3. The van der Waals surface area contributed by atoms with Crippen molar-refractivity contribution in [2.45, 2.75) is 38.5 Å². The van der Waals surface area contributed by atoms with Crippen molar-refractivity contribution in [1.82, 2.24) is 24.7 Å². The van der Waals surface area contributed by atoms with Crippen molar-refractivity contribution >= 4 is 44.1 Å². The Morgan fingerprint density at radius 1 is 1.11 bits per heavy atom. The molecule has 3 heterocycles. The van der Waals surface area contributed by atoms with Crippen LogP contribution in [0.1, 0.15) is 29.9 Å². The van der Waals surface area contributed by atoms with Crippen LogP contribution in [0, 0.1) is 26.7 Å². The summed E-state index contributed by atoms with van der Waals surface area (Å²) in [5.74, 6) is 0.982. The van der Waals surface area contributed by atoms with Crippen LogP contribution in [0.4, 0.5) is 17.2 Å². The Morgan fingerprint density at radius 3 is 2.49 bits per heavy atom. The highest BCUT2D eigenvalue weighted by Crippen LogP contribution is 2.35. The van der Waals surface area contributed by atoms with Gasteiger partial charge in [-0.3, -0.25) is 9.48 Å². The number of amides is 1. The molecule has 0 radical (unpaired) electrons. The van der Waals surface area contributed by atoms with E-state index in [0.717, 1.165) is 29.8 Å². The van der Waals surface area contributed by atoms with E-state index in [9.17, 15) is 13.2 Å². The van der Waals surface area contributed by atoms with Gasteiger partial charge < -0.3 is 15.6 Å². The van der Waals surface area contributed by atoms with Gasteiger partial charge in [-0.25, -0.2) is 18.4 Å². The van der Waals surface area contributed by atoms with E-state index in [1.165, 1.54) is 6.26 Å². The number of aromatic amines is 1. The maximum atomic E-state index is 12.8. The predicted octanol–water partition coefficient (Wildman–Crippen LogP) is 3.78. The highest BCUT2D eigenvalue weighted by atomic mass is 32.2. The van der Waals surface area contributed by atoms with Crippen LogP contribution in [0.2, 0.25) is 0 Å². The Balaban J connectivity index is 1.59. The molecule has 0 saturated heterocycles. The Labute approximate surface area is 203 Å². The lowest BCUT2D eigenvalue weighted by atomic mass is 10.1.